The van der Waals surface area contributed by atoms with Gasteiger partial charge in [-0.3, -0.25) is 4.79 Å². The van der Waals surface area contributed by atoms with E-state index in [9.17, 15) is 4.79 Å². The fourth-order valence-electron chi connectivity index (χ4n) is 3.50. The van der Waals surface area contributed by atoms with Crippen LogP contribution >= 0.6 is 0 Å². The molecule has 3 aromatic carbocycles. The molecule has 0 aliphatic rings. The first-order chi connectivity index (χ1) is 14.6. The Kier molecular flexibility index (Phi) is 5.96. The van der Waals surface area contributed by atoms with E-state index >= 15 is 0 Å². The highest BCUT2D eigenvalue weighted by atomic mass is 16.5. The maximum absolute atomic E-state index is 13.0. The molecule has 4 heteroatoms. The van der Waals surface area contributed by atoms with Crippen molar-refractivity contribution in [3.8, 4) is 16.9 Å². The van der Waals surface area contributed by atoms with E-state index in [4.69, 9.17) is 9.15 Å². The number of fused-ring (bicyclic) bond motifs is 1. The van der Waals surface area contributed by atoms with E-state index < -0.39 is 0 Å². The zero-order valence-electron chi connectivity index (χ0n) is 17.2. The number of nitrogens with zero attached hydrogens (tertiary/aromatic N) is 1. The molecule has 4 aromatic rings. The number of hydrogen-bond acceptors (Lipinski definition) is 4. The van der Waals surface area contributed by atoms with Crippen LogP contribution in [0.25, 0.3) is 22.1 Å². The zero-order chi connectivity index (χ0) is 20.9. The molecule has 1 unspecified atom stereocenters. The minimum Gasteiger partial charge on any atom is -0.486 e. The Morgan fingerprint density at radius 1 is 0.933 bits per heavy atom. The average molecular weight is 399 g/mol. The molecule has 0 amide bonds. The van der Waals surface area contributed by atoms with Crippen molar-refractivity contribution in [2.24, 2.45) is 0 Å². The maximum Gasteiger partial charge on any atom is 0.200 e. The second-order valence-corrected chi connectivity index (χ2v) is 7.61. The van der Waals surface area contributed by atoms with Crippen molar-refractivity contribution < 1.29 is 9.15 Å². The average Bonchev–Trinajstić information content (AvgIpc) is 2.78. The monoisotopic (exact) mass is 399 g/mol. The van der Waals surface area contributed by atoms with Gasteiger partial charge in [-0.05, 0) is 37.4 Å². The lowest BCUT2D eigenvalue weighted by Crippen LogP contribution is -2.18. The van der Waals surface area contributed by atoms with Gasteiger partial charge in [0.25, 0.3) is 0 Å². The molecule has 0 aliphatic carbocycles. The molecule has 0 radical (unpaired) electrons. The topological polar surface area (TPSA) is 42.7 Å². The lowest BCUT2D eigenvalue weighted by Gasteiger charge is -2.21. The van der Waals surface area contributed by atoms with E-state index in [2.05, 4.69) is 31.1 Å². The molecule has 0 aliphatic heterocycles. The van der Waals surface area contributed by atoms with Crippen LogP contribution in [0.1, 0.15) is 18.1 Å². The first kappa shape index (κ1) is 19.9. The quantitative estimate of drug-likeness (QED) is 0.410. The third kappa shape index (κ3) is 4.44. The molecule has 1 atom stereocenters. The van der Waals surface area contributed by atoms with Crippen molar-refractivity contribution in [3.63, 3.8) is 0 Å². The molecule has 4 nitrogen and oxygen atoms in total. The van der Waals surface area contributed by atoms with E-state index in [1.165, 1.54) is 6.26 Å². The predicted octanol–water partition coefficient (Wildman–Crippen LogP) is 5.53. The fraction of sp³-hybridized carbons (Fsp3) is 0.192. The molecular formula is C26H25NO3. The lowest BCUT2D eigenvalue weighted by molar-refractivity contribution is 0.179. The van der Waals surface area contributed by atoms with Gasteiger partial charge in [-0.25, -0.2) is 0 Å². The summed E-state index contributed by atoms with van der Waals surface area (Å²) in [5.41, 5.74) is 3.02. The molecule has 30 heavy (non-hydrogen) atoms. The van der Waals surface area contributed by atoms with Gasteiger partial charge in [-0.2, -0.15) is 0 Å². The summed E-state index contributed by atoms with van der Waals surface area (Å²) in [6.07, 6.45) is 2.30. The van der Waals surface area contributed by atoms with Crippen LogP contribution in [0.5, 0.6) is 5.75 Å². The van der Waals surface area contributed by atoms with Gasteiger partial charge < -0.3 is 14.1 Å². The Balaban J connectivity index is 1.64. The SMILES string of the molecule is CN(C)CCC(Oc1ccc2c(=O)c(-c3ccccc3)coc2c1)c1ccccc1. The first-order valence-electron chi connectivity index (χ1n) is 10.1. The maximum atomic E-state index is 13.0. The molecule has 0 saturated heterocycles. The summed E-state index contributed by atoms with van der Waals surface area (Å²) in [4.78, 5) is 15.1. The van der Waals surface area contributed by atoms with Crippen LogP contribution in [0.15, 0.2) is 94.3 Å². The van der Waals surface area contributed by atoms with Gasteiger partial charge in [0.05, 0.1) is 10.9 Å². The van der Waals surface area contributed by atoms with Crippen molar-refractivity contribution in [2.45, 2.75) is 12.5 Å². The summed E-state index contributed by atoms with van der Waals surface area (Å²) in [5.74, 6) is 0.686. The van der Waals surface area contributed by atoms with Gasteiger partial charge in [-0.15, -0.1) is 0 Å². The third-order valence-electron chi connectivity index (χ3n) is 5.12. The summed E-state index contributed by atoms with van der Waals surface area (Å²) in [6.45, 7) is 0.905. The Hall–Kier alpha value is -3.37. The molecule has 4 rings (SSSR count). The van der Waals surface area contributed by atoms with E-state index in [1.807, 2.05) is 54.6 Å². The van der Waals surface area contributed by atoms with Gasteiger partial charge in [0, 0.05) is 19.0 Å². The minimum atomic E-state index is -0.0821. The Morgan fingerprint density at radius 2 is 1.63 bits per heavy atom. The number of hydrogen-bond donors (Lipinski definition) is 0. The highest BCUT2D eigenvalue weighted by Crippen LogP contribution is 2.28. The van der Waals surface area contributed by atoms with E-state index in [1.54, 1.807) is 12.1 Å². The Morgan fingerprint density at radius 3 is 2.33 bits per heavy atom. The summed E-state index contributed by atoms with van der Waals surface area (Å²) in [6, 6.07) is 25.2. The van der Waals surface area contributed by atoms with Crippen molar-refractivity contribution >= 4 is 11.0 Å². The summed E-state index contributed by atoms with van der Waals surface area (Å²) >= 11 is 0. The molecule has 1 heterocycles. The van der Waals surface area contributed by atoms with Crippen LogP contribution in [0.4, 0.5) is 0 Å². The van der Waals surface area contributed by atoms with Gasteiger partial charge in [0.2, 0.25) is 0 Å². The number of ether oxygens (including phenoxy) is 1. The van der Waals surface area contributed by atoms with Crippen LogP contribution < -0.4 is 10.2 Å². The molecule has 0 N–H and O–H groups in total. The predicted molar refractivity (Wildman–Crippen MR) is 121 cm³/mol. The molecule has 0 bridgehead atoms. The number of benzene rings is 3. The second-order valence-electron chi connectivity index (χ2n) is 7.61. The van der Waals surface area contributed by atoms with Crippen molar-refractivity contribution in [2.75, 3.05) is 20.6 Å². The highest BCUT2D eigenvalue weighted by molar-refractivity contribution is 5.82. The van der Waals surface area contributed by atoms with Gasteiger partial charge >= 0.3 is 0 Å². The minimum absolute atomic E-state index is 0.0405. The molecule has 0 spiro atoms. The van der Waals surface area contributed by atoms with Crippen LogP contribution in [-0.2, 0) is 0 Å². The highest BCUT2D eigenvalue weighted by Gasteiger charge is 2.15. The van der Waals surface area contributed by atoms with Crippen molar-refractivity contribution in [1.82, 2.24) is 4.90 Å². The van der Waals surface area contributed by atoms with Crippen molar-refractivity contribution in [1.29, 1.82) is 0 Å². The van der Waals surface area contributed by atoms with Crippen LogP contribution in [0.2, 0.25) is 0 Å². The van der Waals surface area contributed by atoms with Gasteiger partial charge in [-0.1, -0.05) is 60.7 Å². The third-order valence-corrected chi connectivity index (χ3v) is 5.12. The van der Waals surface area contributed by atoms with E-state index in [0.29, 0.717) is 22.3 Å². The number of rotatable bonds is 7. The first-order valence-corrected chi connectivity index (χ1v) is 10.1. The summed E-state index contributed by atoms with van der Waals surface area (Å²) in [7, 11) is 4.11. The summed E-state index contributed by atoms with van der Waals surface area (Å²) in [5, 5.41) is 0.549. The zero-order valence-corrected chi connectivity index (χ0v) is 17.2. The Bertz CT molecular complexity index is 1170. The van der Waals surface area contributed by atoms with Crippen molar-refractivity contribution in [3.05, 3.63) is 101 Å². The van der Waals surface area contributed by atoms with Crippen LogP contribution in [0.3, 0.4) is 0 Å². The summed E-state index contributed by atoms with van der Waals surface area (Å²) < 4.78 is 12.1. The lowest BCUT2D eigenvalue weighted by atomic mass is 10.1. The molecule has 152 valence electrons. The standard InChI is InChI=1S/C26H25NO3/c1-27(2)16-15-24(20-11-7-4-8-12-20)30-21-13-14-22-25(17-21)29-18-23(26(22)28)19-9-5-3-6-10-19/h3-14,17-18,24H,15-16H2,1-2H3. The van der Waals surface area contributed by atoms with E-state index in [-0.39, 0.29) is 11.5 Å². The van der Waals surface area contributed by atoms with Gasteiger partial charge in [0.1, 0.15) is 23.7 Å². The molecule has 0 fully saturated rings. The Labute approximate surface area is 176 Å². The van der Waals surface area contributed by atoms with Crippen LogP contribution in [0, 0.1) is 0 Å². The molecule has 1 aromatic heterocycles. The second kappa shape index (κ2) is 8.97. The fourth-order valence-corrected chi connectivity index (χ4v) is 3.50. The van der Waals surface area contributed by atoms with Crippen LogP contribution in [-0.4, -0.2) is 25.5 Å². The van der Waals surface area contributed by atoms with Gasteiger partial charge in [0.15, 0.2) is 5.43 Å². The normalized spacial score (nSPS) is 12.2. The van der Waals surface area contributed by atoms with E-state index in [0.717, 1.165) is 24.1 Å². The molecule has 0 saturated carbocycles. The largest absolute Gasteiger partial charge is 0.486 e. The smallest absolute Gasteiger partial charge is 0.200 e. The molecular weight excluding hydrogens is 374 g/mol.